The molecule has 0 spiro atoms. The molecule has 0 fully saturated rings. The molecule has 0 amide bonds. The molecule has 5 nitrogen and oxygen atoms in total. The SMILES string of the molecule is CCc1cccc(Nc2ncc(C(=O)O)c(C)n2)c1. The van der Waals surface area contributed by atoms with Crippen LogP contribution in [0.5, 0.6) is 0 Å². The van der Waals surface area contributed by atoms with Gasteiger partial charge < -0.3 is 10.4 Å². The van der Waals surface area contributed by atoms with Crippen molar-refractivity contribution in [3.8, 4) is 0 Å². The normalized spacial score (nSPS) is 10.2. The number of hydrogen-bond donors (Lipinski definition) is 2. The lowest BCUT2D eigenvalue weighted by Gasteiger charge is -2.07. The number of hydrogen-bond acceptors (Lipinski definition) is 4. The Balaban J connectivity index is 2.23. The number of benzene rings is 1. The van der Waals surface area contributed by atoms with E-state index in [4.69, 9.17) is 5.11 Å². The van der Waals surface area contributed by atoms with Crippen molar-refractivity contribution in [2.24, 2.45) is 0 Å². The zero-order valence-electron chi connectivity index (χ0n) is 10.8. The van der Waals surface area contributed by atoms with E-state index in [2.05, 4.69) is 22.2 Å². The van der Waals surface area contributed by atoms with Crippen LogP contribution in [0.2, 0.25) is 0 Å². The molecule has 1 aromatic heterocycles. The summed E-state index contributed by atoms with van der Waals surface area (Å²) < 4.78 is 0. The number of anilines is 2. The number of aromatic carboxylic acids is 1. The first kappa shape index (κ1) is 13.0. The van der Waals surface area contributed by atoms with Crippen LogP contribution in [0, 0.1) is 6.92 Å². The van der Waals surface area contributed by atoms with Crippen molar-refractivity contribution in [3.63, 3.8) is 0 Å². The summed E-state index contributed by atoms with van der Waals surface area (Å²) in [7, 11) is 0. The molecule has 0 saturated carbocycles. The molecule has 5 heteroatoms. The molecule has 0 bridgehead atoms. The van der Waals surface area contributed by atoms with Gasteiger partial charge in [-0.25, -0.2) is 14.8 Å². The second kappa shape index (κ2) is 5.48. The lowest BCUT2D eigenvalue weighted by atomic mass is 10.1. The molecule has 19 heavy (non-hydrogen) atoms. The molecule has 0 unspecified atom stereocenters. The first-order valence-corrected chi connectivity index (χ1v) is 6.03. The minimum absolute atomic E-state index is 0.118. The third kappa shape index (κ3) is 3.07. The minimum Gasteiger partial charge on any atom is -0.478 e. The number of rotatable bonds is 4. The molecule has 2 aromatic rings. The van der Waals surface area contributed by atoms with E-state index in [1.165, 1.54) is 11.8 Å². The largest absolute Gasteiger partial charge is 0.478 e. The van der Waals surface area contributed by atoms with Crippen molar-refractivity contribution in [3.05, 3.63) is 47.3 Å². The Kier molecular flexibility index (Phi) is 3.75. The van der Waals surface area contributed by atoms with Crippen molar-refractivity contribution < 1.29 is 9.90 Å². The molecule has 0 aliphatic heterocycles. The fourth-order valence-electron chi connectivity index (χ4n) is 1.74. The Hall–Kier alpha value is -2.43. The van der Waals surface area contributed by atoms with Crippen molar-refractivity contribution in [1.82, 2.24) is 9.97 Å². The van der Waals surface area contributed by atoms with Crippen molar-refractivity contribution >= 4 is 17.6 Å². The number of aromatic nitrogens is 2. The van der Waals surface area contributed by atoms with Crippen molar-refractivity contribution in [2.75, 3.05) is 5.32 Å². The number of aryl methyl sites for hydroxylation is 2. The van der Waals surface area contributed by atoms with Crippen LogP contribution in [-0.4, -0.2) is 21.0 Å². The molecular formula is C14H15N3O2. The topological polar surface area (TPSA) is 75.1 Å². The number of nitrogens with one attached hydrogen (secondary N) is 1. The summed E-state index contributed by atoms with van der Waals surface area (Å²) in [5.41, 5.74) is 2.66. The van der Waals surface area contributed by atoms with Gasteiger partial charge in [-0.2, -0.15) is 0 Å². The molecule has 1 heterocycles. The standard InChI is InChI=1S/C14H15N3O2/c1-3-10-5-4-6-11(7-10)17-14-15-8-12(13(18)19)9(2)16-14/h4-8H,3H2,1-2H3,(H,18,19)(H,15,16,17). The highest BCUT2D eigenvalue weighted by atomic mass is 16.4. The molecule has 0 aliphatic rings. The molecule has 0 saturated heterocycles. The van der Waals surface area contributed by atoms with Crippen LogP contribution in [0.3, 0.4) is 0 Å². The van der Waals surface area contributed by atoms with Crippen LogP contribution in [0.4, 0.5) is 11.6 Å². The minimum atomic E-state index is -1.02. The summed E-state index contributed by atoms with van der Waals surface area (Å²) in [5.74, 6) is -0.618. The molecular weight excluding hydrogens is 242 g/mol. The molecule has 0 radical (unpaired) electrons. The van der Waals surface area contributed by atoms with E-state index in [0.29, 0.717) is 11.6 Å². The maximum atomic E-state index is 10.9. The van der Waals surface area contributed by atoms with Crippen LogP contribution in [0.15, 0.2) is 30.5 Å². The van der Waals surface area contributed by atoms with E-state index < -0.39 is 5.97 Å². The van der Waals surface area contributed by atoms with E-state index in [1.54, 1.807) is 6.92 Å². The van der Waals surface area contributed by atoms with Gasteiger partial charge in [0.25, 0.3) is 0 Å². The van der Waals surface area contributed by atoms with Gasteiger partial charge in [-0.15, -0.1) is 0 Å². The van der Waals surface area contributed by atoms with Crippen LogP contribution < -0.4 is 5.32 Å². The van der Waals surface area contributed by atoms with Gasteiger partial charge in [-0.05, 0) is 31.0 Å². The maximum absolute atomic E-state index is 10.9. The highest BCUT2D eigenvalue weighted by Gasteiger charge is 2.09. The Bertz CT molecular complexity index is 611. The number of nitrogens with zero attached hydrogens (tertiary/aromatic N) is 2. The Morgan fingerprint density at radius 3 is 2.84 bits per heavy atom. The summed E-state index contributed by atoms with van der Waals surface area (Å²) >= 11 is 0. The van der Waals surface area contributed by atoms with Crippen LogP contribution in [0.1, 0.15) is 28.5 Å². The van der Waals surface area contributed by atoms with Gasteiger partial charge in [-0.1, -0.05) is 19.1 Å². The third-order valence-corrected chi connectivity index (χ3v) is 2.80. The van der Waals surface area contributed by atoms with E-state index >= 15 is 0 Å². The first-order valence-electron chi connectivity index (χ1n) is 6.03. The van der Waals surface area contributed by atoms with E-state index in [1.807, 2.05) is 24.3 Å². The van der Waals surface area contributed by atoms with E-state index in [-0.39, 0.29) is 5.56 Å². The molecule has 0 aliphatic carbocycles. The second-order valence-corrected chi connectivity index (χ2v) is 4.18. The molecule has 98 valence electrons. The lowest BCUT2D eigenvalue weighted by Crippen LogP contribution is -2.06. The van der Waals surface area contributed by atoms with E-state index in [9.17, 15) is 4.79 Å². The smallest absolute Gasteiger partial charge is 0.339 e. The van der Waals surface area contributed by atoms with Crippen molar-refractivity contribution in [2.45, 2.75) is 20.3 Å². The summed E-state index contributed by atoms with van der Waals surface area (Å²) in [6.07, 6.45) is 2.27. The average Bonchev–Trinajstić information content (AvgIpc) is 2.38. The maximum Gasteiger partial charge on any atom is 0.339 e. The summed E-state index contributed by atoms with van der Waals surface area (Å²) in [6, 6.07) is 7.94. The van der Waals surface area contributed by atoms with Crippen molar-refractivity contribution in [1.29, 1.82) is 0 Å². The summed E-state index contributed by atoms with van der Waals surface area (Å²) in [5, 5.41) is 12.0. The fraction of sp³-hybridized carbons (Fsp3) is 0.214. The van der Waals surface area contributed by atoms with Gasteiger partial charge in [0.1, 0.15) is 0 Å². The van der Waals surface area contributed by atoms with Gasteiger partial charge in [0, 0.05) is 11.9 Å². The second-order valence-electron chi connectivity index (χ2n) is 4.18. The molecule has 1 aromatic carbocycles. The molecule has 2 rings (SSSR count). The zero-order valence-corrected chi connectivity index (χ0v) is 10.8. The molecule has 0 atom stereocenters. The Morgan fingerprint density at radius 2 is 2.21 bits per heavy atom. The number of carbonyl (C=O) groups is 1. The van der Waals surface area contributed by atoms with Gasteiger partial charge >= 0.3 is 5.97 Å². The zero-order chi connectivity index (χ0) is 13.8. The quantitative estimate of drug-likeness (QED) is 0.880. The monoisotopic (exact) mass is 257 g/mol. The predicted molar refractivity (Wildman–Crippen MR) is 72.8 cm³/mol. The highest BCUT2D eigenvalue weighted by molar-refractivity contribution is 5.88. The highest BCUT2D eigenvalue weighted by Crippen LogP contribution is 2.16. The summed E-state index contributed by atoms with van der Waals surface area (Å²) in [6.45, 7) is 3.74. The Labute approximate surface area is 111 Å². The van der Waals surface area contributed by atoms with Gasteiger partial charge in [0.15, 0.2) is 0 Å². The third-order valence-electron chi connectivity index (χ3n) is 2.80. The number of carboxylic acid groups (broad SMARTS) is 1. The van der Waals surface area contributed by atoms with E-state index in [0.717, 1.165) is 12.1 Å². The first-order chi connectivity index (χ1) is 9.10. The van der Waals surface area contributed by atoms with Crippen LogP contribution in [0.25, 0.3) is 0 Å². The average molecular weight is 257 g/mol. The van der Waals surface area contributed by atoms with Crippen LogP contribution >= 0.6 is 0 Å². The van der Waals surface area contributed by atoms with Gasteiger partial charge in [0.05, 0.1) is 11.3 Å². The van der Waals surface area contributed by atoms with Gasteiger partial charge in [0.2, 0.25) is 5.95 Å². The molecule has 2 N–H and O–H groups in total. The van der Waals surface area contributed by atoms with Crippen LogP contribution in [-0.2, 0) is 6.42 Å². The Morgan fingerprint density at radius 1 is 1.42 bits per heavy atom. The lowest BCUT2D eigenvalue weighted by molar-refractivity contribution is 0.0695. The fourth-order valence-corrected chi connectivity index (χ4v) is 1.74. The summed E-state index contributed by atoms with van der Waals surface area (Å²) in [4.78, 5) is 19.0. The van der Waals surface area contributed by atoms with Gasteiger partial charge in [-0.3, -0.25) is 0 Å². The predicted octanol–water partition coefficient (Wildman–Crippen LogP) is 2.79. The number of carboxylic acids is 1.